The summed E-state index contributed by atoms with van der Waals surface area (Å²) in [6.45, 7) is 28.4. The molecule has 376 valence electrons. The number of piperazine rings is 1. The molecule has 0 amide bonds. The van der Waals surface area contributed by atoms with Crippen LogP contribution in [0.25, 0.3) is 44.1 Å². The third kappa shape index (κ3) is 10.2. The van der Waals surface area contributed by atoms with Crippen molar-refractivity contribution < 1.29 is 0 Å². The second-order valence-corrected chi connectivity index (χ2v) is 22.4. The van der Waals surface area contributed by atoms with E-state index in [1.54, 1.807) is 11.3 Å². The highest BCUT2D eigenvalue weighted by atomic mass is 32.1. The van der Waals surface area contributed by atoms with Crippen molar-refractivity contribution in [3.8, 4) is 11.1 Å². The first kappa shape index (κ1) is 48.7. The van der Waals surface area contributed by atoms with Gasteiger partial charge in [0, 0.05) is 85.8 Å². The quantitative estimate of drug-likeness (QED) is 0.124. The number of hydrogen-bond donors (Lipinski definition) is 2. The van der Waals surface area contributed by atoms with E-state index in [1.807, 2.05) is 36.0 Å². The summed E-state index contributed by atoms with van der Waals surface area (Å²) in [7, 11) is 2.01. The van der Waals surface area contributed by atoms with E-state index in [9.17, 15) is 0 Å². The van der Waals surface area contributed by atoms with Crippen molar-refractivity contribution in [1.29, 1.82) is 0 Å². The maximum absolute atomic E-state index is 5.06. The van der Waals surface area contributed by atoms with Crippen LogP contribution < -0.4 is 20.4 Å². The average molecular weight is 989 g/mol. The first-order chi connectivity index (χ1) is 35.6. The van der Waals surface area contributed by atoms with E-state index in [0.717, 1.165) is 154 Å². The normalized spacial score (nSPS) is 20.9. The molecule has 0 bridgehead atoms. The van der Waals surface area contributed by atoms with Crippen molar-refractivity contribution in [3.63, 3.8) is 0 Å². The van der Waals surface area contributed by atoms with Gasteiger partial charge in [-0.3, -0.25) is 9.58 Å². The summed E-state index contributed by atoms with van der Waals surface area (Å²) in [5, 5.41) is 13.7. The number of para-hydroxylation sites is 1. The molecule has 2 unspecified atom stereocenters. The van der Waals surface area contributed by atoms with Crippen molar-refractivity contribution in [2.75, 3.05) is 54.4 Å². The minimum absolute atomic E-state index is 0.212. The van der Waals surface area contributed by atoms with Crippen LogP contribution in [0.3, 0.4) is 0 Å². The van der Waals surface area contributed by atoms with Crippen LogP contribution in [0, 0.1) is 31.6 Å². The zero-order valence-electron chi connectivity index (χ0n) is 43.3. The number of nitrogens with zero attached hydrogens (tertiary/aromatic N) is 8. The van der Waals surface area contributed by atoms with Gasteiger partial charge in [0.15, 0.2) is 10.8 Å². The van der Waals surface area contributed by atoms with Crippen molar-refractivity contribution in [2.24, 2.45) is 24.8 Å². The molecular weight excluding hydrogens is 917 g/mol. The molecule has 10 nitrogen and oxygen atoms in total. The van der Waals surface area contributed by atoms with Gasteiger partial charge >= 0.3 is 0 Å². The lowest BCUT2D eigenvalue weighted by Gasteiger charge is -2.35. The molecule has 4 aromatic heterocycles. The van der Waals surface area contributed by atoms with Gasteiger partial charge in [0.2, 0.25) is 0 Å². The molecular formula is C62H72N10S. The van der Waals surface area contributed by atoms with Crippen LogP contribution in [0.5, 0.6) is 0 Å². The summed E-state index contributed by atoms with van der Waals surface area (Å²) < 4.78 is 3.11. The highest BCUT2D eigenvalue weighted by Gasteiger charge is 2.37. The fraction of sp³-hybridized carbons (Fsp3) is 0.387. The van der Waals surface area contributed by atoms with E-state index in [0.29, 0.717) is 0 Å². The van der Waals surface area contributed by atoms with Gasteiger partial charge in [0.25, 0.3) is 0 Å². The maximum Gasteiger partial charge on any atom is 0.188 e. The number of nitrogens with one attached hydrogen (secondary N) is 2. The van der Waals surface area contributed by atoms with Crippen molar-refractivity contribution in [1.82, 2.24) is 34.9 Å². The number of piperidine rings is 1. The zero-order chi connectivity index (χ0) is 50.2. The van der Waals surface area contributed by atoms with Crippen molar-refractivity contribution in [3.05, 3.63) is 162 Å². The fourth-order valence-electron chi connectivity index (χ4n) is 12.7. The van der Waals surface area contributed by atoms with E-state index < -0.39 is 0 Å². The average Bonchev–Trinajstić information content (AvgIpc) is 4.20. The number of fused-ring (bicyclic) bond motifs is 4. The molecule has 7 aromatic rings. The minimum atomic E-state index is 0.212. The Bertz CT molecular complexity index is 3160. The number of aryl methyl sites for hydroxylation is 2. The summed E-state index contributed by atoms with van der Waals surface area (Å²) >= 11 is 1.65. The molecule has 7 heterocycles. The third-order valence-corrected chi connectivity index (χ3v) is 17.8. The van der Waals surface area contributed by atoms with Crippen LogP contribution in [0.1, 0.15) is 103 Å². The fourth-order valence-corrected chi connectivity index (χ4v) is 13.6. The standard InChI is InChI=1S/C33H30N4S.C29H42N6/c1-5-29-27(25-12-8-10-21(2)22(25)3)16-17-32(35-29)37-19-18-24-11-9-13-26(28(24)20-37)23(4)34-33-36-30-14-6-7-15-31(30)38-33;1-20-9-10-25(21(2)30-20)28-26-11-12-27(31-29(26)33(3)32-28)35-16-14-34(15-17-35)13-5-6-22-18-23-7-4-8-24(23)19-22/h5-17H,1,4,18-20H2,2-3H3,(H,34,36);11-12,22-25,30H,1-2,4-10,13-19H2,3H3/t;22?,23-,24+,25?. The van der Waals surface area contributed by atoms with Gasteiger partial charge in [-0.2, -0.15) is 5.10 Å². The van der Waals surface area contributed by atoms with E-state index in [1.165, 1.54) is 79.3 Å². The lowest BCUT2D eigenvalue weighted by molar-refractivity contribution is 0.245. The van der Waals surface area contributed by atoms with Crippen LogP contribution >= 0.6 is 11.3 Å². The van der Waals surface area contributed by atoms with Gasteiger partial charge in [-0.1, -0.05) is 105 Å². The molecule has 5 aliphatic rings. The minimum Gasteiger partial charge on any atom is -0.363 e. The molecule has 4 fully saturated rings. The number of pyridine rings is 2. The molecule has 4 atom stereocenters. The smallest absolute Gasteiger partial charge is 0.188 e. The zero-order valence-corrected chi connectivity index (χ0v) is 44.1. The molecule has 11 heteroatoms. The predicted molar refractivity (Wildman–Crippen MR) is 306 cm³/mol. The van der Waals surface area contributed by atoms with Gasteiger partial charge in [-0.05, 0) is 153 Å². The number of hydrogen-bond acceptors (Lipinski definition) is 10. The molecule has 12 rings (SSSR count). The second kappa shape index (κ2) is 21.1. The number of benzene rings is 3. The van der Waals surface area contributed by atoms with E-state index in [2.05, 4.69) is 132 Å². The monoisotopic (exact) mass is 989 g/mol. The Morgan fingerprint density at radius 1 is 0.808 bits per heavy atom. The highest BCUT2D eigenvalue weighted by Crippen LogP contribution is 2.48. The first-order valence-electron chi connectivity index (χ1n) is 26.9. The summed E-state index contributed by atoms with van der Waals surface area (Å²) in [5.41, 5.74) is 15.6. The van der Waals surface area contributed by atoms with Crippen LogP contribution in [0.4, 0.5) is 16.8 Å². The SMILES string of the molecule is C=C1CCC(c2nn(C)c3nc(N4CCN(CCCC5C[C@H]6CCC[C@H]6C5)CC4)ccc23)C(=C)N1.C=Cc1nc(N2CCc3cccc(C(=C)Nc4nc5ccccc5s4)c3C2)ccc1-c1cccc(C)c1C. The number of thiazole rings is 1. The molecule has 3 aliphatic heterocycles. The van der Waals surface area contributed by atoms with Crippen molar-refractivity contribution >= 4 is 61.1 Å². The Kier molecular flexibility index (Phi) is 14.1. The van der Waals surface area contributed by atoms with Gasteiger partial charge in [0.1, 0.15) is 11.6 Å². The number of rotatable bonds is 12. The summed E-state index contributed by atoms with van der Waals surface area (Å²) in [6.07, 6.45) is 15.2. The molecule has 2 saturated heterocycles. The Morgan fingerprint density at radius 3 is 2.38 bits per heavy atom. The lowest BCUT2D eigenvalue weighted by Crippen LogP contribution is -2.47. The number of aromatic nitrogens is 5. The van der Waals surface area contributed by atoms with Crippen molar-refractivity contribution in [2.45, 2.75) is 90.5 Å². The lowest BCUT2D eigenvalue weighted by atomic mass is 9.90. The van der Waals surface area contributed by atoms with Crippen LogP contribution in [0.15, 0.2) is 123 Å². The predicted octanol–water partition coefficient (Wildman–Crippen LogP) is 13.5. The molecule has 2 N–H and O–H groups in total. The van der Waals surface area contributed by atoms with E-state index >= 15 is 0 Å². The van der Waals surface area contributed by atoms with E-state index in [-0.39, 0.29) is 5.92 Å². The van der Waals surface area contributed by atoms with Crippen LogP contribution in [-0.2, 0) is 20.0 Å². The topological polar surface area (TPSA) is 90.3 Å². The van der Waals surface area contributed by atoms with E-state index in [4.69, 9.17) is 20.1 Å². The second-order valence-electron chi connectivity index (χ2n) is 21.4. The number of allylic oxidation sites excluding steroid dienone is 2. The van der Waals surface area contributed by atoms with Gasteiger partial charge in [-0.15, -0.1) is 0 Å². The Morgan fingerprint density at radius 2 is 1.59 bits per heavy atom. The molecule has 0 radical (unpaired) electrons. The van der Waals surface area contributed by atoms with Gasteiger partial charge < -0.3 is 20.4 Å². The third-order valence-electron chi connectivity index (χ3n) is 16.9. The van der Waals surface area contributed by atoms with Crippen LogP contribution in [-0.4, -0.2) is 68.9 Å². The first-order valence-corrected chi connectivity index (χ1v) is 27.7. The van der Waals surface area contributed by atoms with Crippen LogP contribution in [0.2, 0.25) is 0 Å². The molecule has 73 heavy (non-hydrogen) atoms. The Labute approximate surface area is 436 Å². The Balaban J connectivity index is 0.000000158. The highest BCUT2D eigenvalue weighted by molar-refractivity contribution is 7.22. The molecule has 3 aromatic carbocycles. The van der Waals surface area contributed by atoms with Gasteiger partial charge in [0.05, 0.1) is 21.6 Å². The number of anilines is 3. The summed E-state index contributed by atoms with van der Waals surface area (Å²) in [6, 6.07) is 29.9. The summed E-state index contributed by atoms with van der Waals surface area (Å²) in [4.78, 5) is 22.3. The maximum atomic E-state index is 5.06. The molecule has 2 aliphatic carbocycles. The molecule has 2 saturated carbocycles. The molecule has 0 spiro atoms. The van der Waals surface area contributed by atoms with Gasteiger partial charge in [-0.25, -0.2) is 15.0 Å². The summed E-state index contributed by atoms with van der Waals surface area (Å²) in [5.74, 6) is 5.46. The Hall–Kier alpha value is -6.56. The largest absolute Gasteiger partial charge is 0.363 e.